The Morgan fingerprint density at radius 3 is 0.824 bits per heavy atom. The fraction of sp³-hybridized carbons (Fsp3) is 0.971. The number of hydrogen-bond donors (Lipinski definition) is 3. The maximum atomic E-state index is 12.5. The monoisotopic (exact) mass is 1050 g/mol. The molecule has 0 radical (unpaired) electrons. The molecule has 0 fully saturated rings. The molecule has 0 bridgehead atoms. The Morgan fingerprint density at radius 2 is 0.554 bits per heavy atom. The van der Waals surface area contributed by atoms with Crippen molar-refractivity contribution in [2.75, 3.05) is 13.2 Å². The number of rotatable bonds is 65. The van der Waals surface area contributed by atoms with Crippen LogP contribution in [0.25, 0.3) is 0 Å². The number of unbranched alkanes of at least 4 members (excludes halogenated alkanes) is 54. The van der Waals surface area contributed by atoms with Crippen LogP contribution in [0.4, 0.5) is 0 Å². The first kappa shape index (κ1) is 72.9. The lowest BCUT2D eigenvalue weighted by molar-refractivity contribution is -0.143. The van der Waals surface area contributed by atoms with Crippen molar-refractivity contribution in [3.05, 3.63) is 0 Å². The lowest BCUT2D eigenvalue weighted by Crippen LogP contribution is -2.45. The van der Waals surface area contributed by atoms with Crippen molar-refractivity contribution >= 4 is 11.9 Å². The van der Waals surface area contributed by atoms with E-state index in [9.17, 15) is 19.8 Å². The van der Waals surface area contributed by atoms with Crippen LogP contribution in [-0.4, -0.2) is 47.4 Å². The molecule has 6 nitrogen and oxygen atoms in total. The molecule has 0 aromatic carbocycles. The van der Waals surface area contributed by atoms with Crippen LogP contribution in [0.15, 0.2) is 0 Å². The van der Waals surface area contributed by atoms with Gasteiger partial charge in [0.2, 0.25) is 5.91 Å². The number of aliphatic hydroxyl groups is 2. The second-order valence-corrected chi connectivity index (χ2v) is 23.9. The number of aliphatic hydroxyl groups excluding tert-OH is 2. The fourth-order valence-corrected chi connectivity index (χ4v) is 11.2. The molecule has 0 aliphatic carbocycles. The van der Waals surface area contributed by atoms with E-state index < -0.39 is 12.1 Å². The molecule has 0 saturated heterocycles. The summed E-state index contributed by atoms with van der Waals surface area (Å²) in [5.74, 6) is -0.00632. The van der Waals surface area contributed by atoms with Gasteiger partial charge < -0.3 is 20.3 Å². The van der Waals surface area contributed by atoms with Gasteiger partial charge >= 0.3 is 5.97 Å². The summed E-state index contributed by atoms with van der Waals surface area (Å²) < 4.78 is 5.50. The smallest absolute Gasteiger partial charge is 0.305 e. The number of esters is 1. The van der Waals surface area contributed by atoms with E-state index in [-0.39, 0.29) is 18.5 Å². The van der Waals surface area contributed by atoms with Crippen LogP contribution >= 0.6 is 0 Å². The van der Waals surface area contributed by atoms with Crippen LogP contribution in [-0.2, 0) is 14.3 Å². The average Bonchev–Trinajstić information content (AvgIpc) is 3.40. The Hall–Kier alpha value is -1.14. The van der Waals surface area contributed by atoms with Gasteiger partial charge in [0.15, 0.2) is 0 Å². The standard InChI is InChI=1S/C68H135NO5/c1-3-5-7-9-11-13-15-17-19-34-38-42-46-50-54-58-62-68(73)74-63-59-55-51-47-43-39-35-32-30-28-26-24-22-20-21-23-25-27-29-31-33-37-41-45-49-53-57-61-67(72)69-65(64-70)66(71)60-56-52-48-44-40-36-18-16-14-12-10-8-6-4-2/h65-66,70-71H,3-64H2,1-2H3,(H,69,72). The molecule has 2 unspecified atom stereocenters. The number of nitrogens with one attached hydrogen (secondary N) is 1. The Labute approximate surface area is 464 Å². The average molecular weight is 1050 g/mol. The highest BCUT2D eigenvalue weighted by molar-refractivity contribution is 5.76. The molecular formula is C68H135NO5. The predicted octanol–water partition coefficient (Wildman–Crippen LogP) is 21.8. The van der Waals surface area contributed by atoms with E-state index in [1.54, 1.807) is 0 Å². The Bertz CT molecular complexity index is 1070. The van der Waals surface area contributed by atoms with Crippen molar-refractivity contribution in [1.29, 1.82) is 0 Å². The quantitative estimate of drug-likeness (QED) is 0.0417. The molecule has 0 aliphatic rings. The van der Waals surface area contributed by atoms with Crippen LogP contribution in [0.2, 0.25) is 0 Å². The number of amides is 1. The van der Waals surface area contributed by atoms with Gasteiger partial charge in [-0.3, -0.25) is 9.59 Å². The molecule has 0 rings (SSSR count). The lowest BCUT2D eigenvalue weighted by Gasteiger charge is -2.22. The van der Waals surface area contributed by atoms with Gasteiger partial charge in [-0.1, -0.05) is 361 Å². The summed E-state index contributed by atoms with van der Waals surface area (Å²) in [5.41, 5.74) is 0. The minimum atomic E-state index is -0.661. The van der Waals surface area contributed by atoms with Crippen LogP contribution < -0.4 is 5.32 Å². The van der Waals surface area contributed by atoms with E-state index >= 15 is 0 Å². The Morgan fingerprint density at radius 1 is 0.324 bits per heavy atom. The molecule has 0 aliphatic heterocycles. The molecule has 0 saturated carbocycles. The van der Waals surface area contributed by atoms with Gasteiger partial charge in [0.25, 0.3) is 0 Å². The van der Waals surface area contributed by atoms with Crippen molar-refractivity contribution in [1.82, 2.24) is 5.32 Å². The molecule has 0 aromatic rings. The fourth-order valence-electron chi connectivity index (χ4n) is 11.2. The topological polar surface area (TPSA) is 95.9 Å². The first-order chi connectivity index (χ1) is 36.5. The van der Waals surface area contributed by atoms with Crippen LogP contribution in [0, 0.1) is 0 Å². The van der Waals surface area contributed by atoms with E-state index in [4.69, 9.17) is 4.74 Å². The molecule has 6 heteroatoms. The highest BCUT2D eigenvalue weighted by atomic mass is 16.5. The van der Waals surface area contributed by atoms with E-state index in [2.05, 4.69) is 19.2 Å². The maximum absolute atomic E-state index is 12.5. The molecule has 0 heterocycles. The second-order valence-electron chi connectivity index (χ2n) is 23.9. The normalized spacial score (nSPS) is 12.4. The van der Waals surface area contributed by atoms with Gasteiger partial charge in [-0.05, 0) is 25.7 Å². The third kappa shape index (κ3) is 60.1. The minimum absolute atomic E-state index is 0.0227. The Balaban J connectivity index is 3.31. The number of carbonyl (C=O) groups excluding carboxylic acids is 2. The highest BCUT2D eigenvalue weighted by Gasteiger charge is 2.20. The lowest BCUT2D eigenvalue weighted by atomic mass is 10.0. The molecule has 0 spiro atoms. The maximum Gasteiger partial charge on any atom is 0.305 e. The first-order valence-electron chi connectivity index (χ1n) is 34.3. The van der Waals surface area contributed by atoms with Gasteiger partial charge in [0, 0.05) is 12.8 Å². The molecule has 0 aromatic heterocycles. The van der Waals surface area contributed by atoms with Gasteiger partial charge in [-0.25, -0.2) is 0 Å². The predicted molar refractivity (Wildman–Crippen MR) is 324 cm³/mol. The zero-order chi connectivity index (χ0) is 53.6. The van der Waals surface area contributed by atoms with Gasteiger partial charge in [-0.2, -0.15) is 0 Å². The van der Waals surface area contributed by atoms with Crippen molar-refractivity contribution < 1.29 is 24.5 Å². The minimum Gasteiger partial charge on any atom is -0.466 e. The highest BCUT2D eigenvalue weighted by Crippen LogP contribution is 2.19. The summed E-state index contributed by atoms with van der Waals surface area (Å²) in [4.78, 5) is 24.6. The van der Waals surface area contributed by atoms with Crippen LogP contribution in [0.3, 0.4) is 0 Å². The summed E-state index contributed by atoms with van der Waals surface area (Å²) in [6.45, 7) is 5.00. The van der Waals surface area contributed by atoms with E-state index in [1.165, 1.54) is 327 Å². The number of carbonyl (C=O) groups is 2. The first-order valence-corrected chi connectivity index (χ1v) is 34.3. The molecular weight excluding hydrogens is 911 g/mol. The summed E-state index contributed by atoms with van der Waals surface area (Å²) >= 11 is 0. The van der Waals surface area contributed by atoms with Gasteiger partial charge in [-0.15, -0.1) is 0 Å². The molecule has 2 atom stereocenters. The van der Waals surface area contributed by atoms with E-state index in [0.717, 1.165) is 38.5 Å². The van der Waals surface area contributed by atoms with Crippen LogP contribution in [0.1, 0.15) is 399 Å². The zero-order valence-electron chi connectivity index (χ0n) is 50.6. The van der Waals surface area contributed by atoms with E-state index in [0.29, 0.717) is 25.9 Å². The molecule has 74 heavy (non-hydrogen) atoms. The molecule has 3 N–H and O–H groups in total. The largest absolute Gasteiger partial charge is 0.466 e. The summed E-state index contributed by atoms with van der Waals surface area (Å²) in [6, 6.07) is -0.538. The van der Waals surface area contributed by atoms with E-state index in [1.807, 2.05) is 0 Å². The summed E-state index contributed by atoms with van der Waals surface area (Å²) in [5, 5.41) is 23.3. The van der Waals surface area contributed by atoms with Gasteiger partial charge in [0.05, 0.1) is 25.4 Å². The Kier molecular flexibility index (Phi) is 63.4. The molecule has 1 amide bonds. The third-order valence-electron chi connectivity index (χ3n) is 16.4. The zero-order valence-corrected chi connectivity index (χ0v) is 50.6. The van der Waals surface area contributed by atoms with Crippen molar-refractivity contribution in [3.63, 3.8) is 0 Å². The summed E-state index contributed by atoms with van der Waals surface area (Å²) in [7, 11) is 0. The van der Waals surface area contributed by atoms with Crippen molar-refractivity contribution in [2.45, 2.75) is 411 Å². The second kappa shape index (κ2) is 64.4. The van der Waals surface area contributed by atoms with Gasteiger partial charge in [0.1, 0.15) is 0 Å². The number of ether oxygens (including phenoxy) is 1. The van der Waals surface area contributed by atoms with Crippen LogP contribution in [0.5, 0.6) is 0 Å². The third-order valence-corrected chi connectivity index (χ3v) is 16.4. The van der Waals surface area contributed by atoms with Crippen molar-refractivity contribution in [3.8, 4) is 0 Å². The molecule has 442 valence electrons. The van der Waals surface area contributed by atoms with Crippen molar-refractivity contribution in [2.24, 2.45) is 0 Å². The summed E-state index contributed by atoms with van der Waals surface area (Å²) in [6.07, 6.45) is 77.2. The SMILES string of the molecule is CCCCCCCCCCCCCCCCCCC(=O)OCCCCCCCCCCCCCCCCCCCCCCCCCCCCCC(=O)NC(CO)C(O)CCCCCCCCCCCCCCCC. The number of hydrogen-bond acceptors (Lipinski definition) is 5.